The summed E-state index contributed by atoms with van der Waals surface area (Å²) in [5, 5.41) is 8.93. The molecule has 80 valence electrons. The summed E-state index contributed by atoms with van der Waals surface area (Å²) in [5.41, 5.74) is 2.76. The molecule has 0 radical (unpaired) electrons. The Morgan fingerprint density at radius 2 is 2.33 bits per heavy atom. The highest BCUT2D eigenvalue weighted by Crippen LogP contribution is 2.27. The van der Waals surface area contributed by atoms with Crippen LogP contribution >= 0.6 is 0 Å². The van der Waals surface area contributed by atoms with Crippen molar-refractivity contribution in [2.75, 3.05) is 18.0 Å². The number of carboxylic acid groups (broad SMARTS) is 1. The van der Waals surface area contributed by atoms with Crippen LogP contribution in [-0.4, -0.2) is 24.2 Å². The lowest BCUT2D eigenvalue weighted by molar-refractivity contribution is 0.0697. The van der Waals surface area contributed by atoms with Crippen LogP contribution < -0.4 is 4.90 Å². The molecule has 0 fully saturated rings. The van der Waals surface area contributed by atoms with Gasteiger partial charge in [-0.15, -0.1) is 0 Å². The fraction of sp³-hybridized carbons (Fsp3) is 0.417. The maximum Gasteiger partial charge on any atom is 0.335 e. The van der Waals surface area contributed by atoms with Crippen molar-refractivity contribution in [3.8, 4) is 0 Å². The number of rotatable bonds is 2. The van der Waals surface area contributed by atoms with E-state index in [2.05, 4.69) is 11.8 Å². The number of fused-ring (bicyclic) bond motifs is 1. The largest absolute Gasteiger partial charge is 0.478 e. The van der Waals surface area contributed by atoms with Gasteiger partial charge in [0.25, 0.3) is 0 Å². The van der Waals surface area contributed by atoms with E-state index in [1.165, 1.54) is 5.56 Å². The second-order valence-electron chi connectivity index (χ2n) is 3.83. The zero-order valence-corrected chi connectivity index (χ0v) is 8.86. The standard InChI is InChI=1S/C12H15NO2/c1-2-13-7-3-4-9-5-6-10(12(14)15)8-11(9)13/h5-6,8H,2-4,7H2,1H3,(H,14,15). The molecule has 1 aromatic carbocycles. The molecule has 1 heterocycles. The van der Waals surface area contributed by atoms with E-state index < -0.39 is 5.97 Å². The first-order valence-electron chi connectivity index (χ1n) is 5.33. The fourth-order valence-electron chi connectivity index (χ4n) is 2.11. The van der Waals surface area contributed by atoms with E-state index >= 15 is 0 Å². The number of benzene rings is 1. The number of aromatic carboxylic acids is 1. The van der Waals surface area contributed by atoms with Crippen LogP contribution in [0, 0.1) is 0 Å². The predicted molar refractivity (Wildman–Crippen MR) is 59.6 cm³/mol. The average Bonchev–Trinajstić information content (AvgIpc) is 2.27. The van der Waals surface area contributed by atoms with Crippen molar-refractivity contribution in [1.82, 2.24) is 0 Å². The minimum absolute atomic E-state index is 0.383. The second-order valence-corrected chi connectivity index (χ2v) is 3.83. The van der Waals surface area contributed by atoms with Gasteiger partial charge < -0.3 is 10.0 Å². The van der Waals surface area contributed by atoms with Crippen LogP contribution in [0.1, 0.15) is 29.3 Å². The third-order valence-corrected chi connectivity index (χ3v) is 2.93. The summed E-state index contributed by atoms with van der Waals surface area (Å²) in [4.78, 5) is 13.1. The number of aryl methyl sites for hydroxylation is 1. The van der Waals surface area contributed by atoms with Crippen LogP contribution in [0.2, 0.25) is 0 Å². The Balaban J connectivity index is 2.43. The Morgan fingerprint density at radius 3 is 3.00 bits per heavy atom. The van der Waals surface area contributed by atoms with E-state index in [1.807, 2.05) is 6.07 Å². The molecular formula is C12H15NO2. The third-order valence-electron chi connectivity index (χ3n) is 2.93. The summed E-state index contributed by atoms with van der Waals surface area (Å²) >= 11 is 0. The van der Waals surface area contributed by atoms with Gasteiger partial charge in [0.15, 0.2) is 0 Å². The summed E-state index contributed by atoms with van der Waals surface area (Å²) < 4.78 is 0. The van der Waals surface area contributed by atoms with Gasteiger partial charge in [0, 0.05) is 18.8 Å². The molecule has 0 aliphatic carbocycles. The van der Waals surface area contributed by atoms with Gasteiger partial charge in [-0.1, -0.05) is 6.07 Å². The Bertz CT molecular complexity index is 387. The van der Waals surface area contributed by atoms with Crippen molar-refractivity contribution >= 4 is 11.7 Å². The van der Waals surface area contributed by atoms with Crippen molar-refractivity contribution in [2.24, 2.45) is 0 Å². The molecule has 3 heteroatoms. The summed E-state index contributed by atoms with van der Waals surface area (Å²) in [5.74, 6) is -0.848. The van der Waals surface area contributed by atoms with Gasteiger partial charge in [0.2, 0.25) is 0 Å². The second kappa shape index (κ2) is 3.93. The first-order chi connectivity index (χ1) is 7.22. The molecule has 0 bridgehead atoms. The zero-order chi connectivity index (χ0) is 10.8. The molecule has 0 unspecified atom stereocenters. The number of anilines is 1. The van der Waals surface area contributed by atoms with Crippen molar-refractivity contribution in [3.63, 3.8) is 0 Å². The minimum Gasteiger partial charge on any atom is -0.478 e. The highest BCUT2D eigenvalue weighted by Gasteiger charge is 2.16. The van der Waals surface area contributed by atoms with Crippen LogP contribution in [0.25, 0.3) is 0 Å². The molecule has 15 heavy (non-hydrogen) atoms. The summed E-state index contributed by atoms with van der Waals surface area (Å²) in [6.45, 7) is 4.07. The molecule has 2 rings (SSSR count). The van der Waals surface area contributed by atoms with Crippen molar-refractivity contribution in [2.45, 2.75) is 19.8 Å². The van der Waals surface area contributed by atoms with Gasteiger partial charge in [-0.2, -0.15) is 0 Å². The first-order valence-corrected chi connectivity index (χ1v) is 5.33. The zero-order valence-electron chi connectivity index (χ0n) is 8.86. The highest BCUT2D eigenvalue weighted by atomic mass is 16.4. The minimum atomic E-state index is -0.848. The normalized spacial score (nSPS) is 14.9. The van der Waals surface area contributed by atoms with Crippen molar-refractivity contribution in [3.05, 3.63) is 29.3 Å². The van der Waals surface area contributed by atoms with E-state index in [0.29, 0.717) is 5.56 Å². The van der Waals surface area contributed by atoms with Crippen LogP contribution in [0.15, 0.2) is 18.2 Å². The molecule has 1 aliphatic rings. The van der Waals surface area contributed by atoms with Crippen molar-refractivity contribution in [1.29, 1.82) is 0 Å². The summed E-state index contributed by atoms with van der Waals surface area (Å²) in [7, 11) is 0. The number of carboxylic acids is 1. The van der Waals surface area contributed by atoms with E-state index in [1.54, 1.807) is 12.1 Å². The van der Waals surface area contributed by atoms with E-state index in [0.717, 1.165) is 31.6 Å². The number of hydrogen-bond donors (Lipinski definition) is 1. The first kappa shape index (κ1) is 10.0. The number of hydrogen-bond acceptors (Lipinski definition) is 2. The van der Waals surface area contributed by atoms with E-state index in [-0.39, 0.29) is 0 Å². The lowest BCUT2D eigenvalue weighted by Crippen LogP contribution is -2.29. The van der Waals surface area contributed by atoms with Crippen LogP contribution in [-0.2, 0) is 6.42 Å². The molecular weight excluding hydrogens is 190 g/mol. The smallest absolute Gasteiger partial charge is 0.335 e. The quantitative estimate of drug-likeness (QED) is 0.804. The molecule has 0 saturated heterocycles. The molecule has 1 aliphatic heterocycles. The topological polar surface area (TPSA) is 40.5 Å². The van der Waals surface area contributed by atoms with Crippen LogP contribution in [0.4, 0.5) is 5.69 Å². The molecule has 3 nitrogen and oxygen atoms in total. The van der Waals surface area contributed by atoms with E-state index in [9.17, 15) is 4.79 Å². The molecule has 1 aromatic rings. The lowest BCUT2D eigenvalue weighted by Gasteiger charge is -2.30. The summed E-state index contributed by atoms with van der Waals surface area (Å²) in [6.07, 6.45) is 2.22. The molecule has 0 amide bonds. The number of carbonyl (C=O) groups is 1. The van der Waals surface area contributed by atoms with Crippen LogP contribution in [0.5, 0.6) is 0 Å². The lowest BCUT2D eigenvalue weighted by atomic mass is 9.99. The average molecular weight is 205 g/mol. The molecule has 0 aromatic heterocycles. The van der Waals surface area contributed by atoms with Crippen LogP contribution in [0.3, 0.4) is 0 Å². The Labute approximate surface area is 89.3 Å². The predicted octanol–water partition coefficient (Wildman–Crippen LogP) is 2.16. The highest BCUT2D eigenvalue weighted by molar-refractivity contribution is 5.89. The fourth-order valence-corrected chi connectivity index (χ4v) is 2.11. The molecule has 0 spiro atoms. The van der Waals surface area contributed by atoms with Gasteiger partial charge in [-0.05, 0) is 37.5 Å². The van der Waals surface area contributed by atoms with Gasteiger partial charge in [-0.25, -0.2) is 4.79 Å². The Hall–Kier alpha value is -1.51. The monoisotopic (exact) mass is 205 g/mol. The number of nitrogens with zero attached hydrogens (tertiary/aromatic N) is 1. The molecule has 0 saturated carbocycles. The molecule has 1 N–H and O–H groups in total. The third kappa shape index (κ3) is 1.82. The Morgan fingerprint density at radius 1 is 1.53 bits per heavy atom. The van der Waals surface area contributed by atoms with Gasteiger partial charge >= 0.3 is 5.97 Å². The van der Waals surface area contributed by atoms with Gasteiger partial charge in [0.05, 0.1) is 5.56 Å². The maximum absolute atomic E-state index is 10.9. The van der Waals surface area contributed by atoms with Gasteiger partial charge in [0.1, 0.15) is 0 Å². The summed E-state index contributed by atoms with van der Waals surface area (Å²) in [6, 6.07) is 5.43. The van der Waals surface area contributed by atoms with E-state index in [4.69, 9.17) is 5.11 Å². The maximum atomic E-state index is 10.9. The van der Waals surface area contributed by atoms with Gasteiger partial charge in [-0.3, -0.25) is 0 Å². The SMILES string of the molecule is CCN1CCCc2ccc(C(=O)O)cc21. The Kier molecular flexibility index (Phi) is 2.62. The molecule has 0 atom stereocenters. The van der Waals surface area contributed by atoms with Crippen molar-refractivity contribution < 1.29 is 9.90 Å².